The fourth-order valence-electron chi connectivity index (χ4n) is 3.51. The van der Waals surface area contributed by atoms with Gasteiger partial charge in [0.25, 0.3) is 5.91 Å². The number of rotatable bonds is 8. The van der Waals surface area contributed by atoms with E-state index in [0.717, 1.165) is 16.4 Å². The van der Waals surface area contributed by atoms with Gasteiger partial charge in [-0.1, -0.05) is 26.0 Å². The summed E-state index contributed by atoms with van der Waals surface area (Å²) in [6.07, 6.45) is 0. The molecular weight excluding hydrogens is 465 g/mol. The van der Waals surface area contributed by atoms with Crippen LogP contribution in [0.1, 0.15) is 24.2 Å². The molecule has 9 nitrogen and oxygen atoms in total. The quantitative estimate of drug-likeness (QED) is 0.583. The van der Waals surface area contributed by atoms with Crippen LogP contribution in [-0.4, -0.2) is 64.0 Å². The van der Waals surface area contributed by atoms with Crippen LogP contribution in [0.3, 0.4) is 0 Å². The zero-order chi connectivity index (χ0) is 24.9. The first-order valence-electron chi connectivity index (χ1n) is 10.8. The van der Waals surface area contributed by atoms with Crippen molar-refractivity contribution in [1.82, 2.24) is 9.62 Å². The van der Waals surface area contributed by atoms with Crippen LogP contribution in [0.25, 0.3) is 0 Å². The number of nitrogens with one attached hydrogen (secondary N) is 2. The van der Waals surface area contributed by atoms with Crippen molar-refractivity contribution in [2.45, 2.75) is 24.8 Å². The molecular formula is C23H28FN3O6S. The maximum absolute atomic E-state index is 14.5. The minimum absolute atomic E-state index is 0.0930. The summed E-state index contributed by atoms with van der Waals surface area (Å²) in [5.74, 6) is -1.93. The highest BCUT2D eigenvalue weighted by Gasteiger charge is 2.30. The van der Waals surface area contributed by atoms with Crippen molar-refractivity contribution >= 4 is 27.5 Å². The lowest BCUT2D eigenvalue weighted by atomic mass is 10.0. The molecule has 1 heterocycles. The molecule has 2 aromatic carbocycles. The predicted octanol–water partition coefficient (Wildman–Crippen LogP) is 2.25. The van der Waals surface area contributed by atoms with E-state index in [0.29, 0.717) is 5.75 Å². The Morgan fingerprint density at radius 2 is 1.79 bits per heavy atom. The van der Waals surface area contributed by atoms with Gasteiger partial charge in [0.05, 0.1) is 25.9 Å². The van der Waals surface area contributed by atoms with Gasteiger partial charge < -0.3 is 20.1 Å². The molecule has 0 aromatic heterocycles. The molecule has 184 valence electrons. The van der Waals surface area contributed by atoms with Crippen molar-refractivity contribution < 1.29 is 31.9 Å². The van der Waals surface area contributed by atoms with Gasteiger partial charge in [-0.25, -0.2) is 12.8 Å². The molecule has 0 spiro atoms. The number of para-hydroxylation sites is 1. The minimum atomic E-state index is -4.11. The topological polar surface area (TPSA) is 114 Å². The molecule has 1 atom stereocenters. The monoisotopic (exact) mass is 493 g/mol. The number of methoxy groups -OCH3 is 1. The van der Waals surface area contributed by atoms with Gasteiger partial charge in [0.15, 0.2) is 0 Å². The summed E-state index contributed by atoms with van der Waals surface area (Å²) in [5, 5.41) is 5.28. The zero-order valence-electron chi connectivity index (χ0n) is 19.2. The average molecular weight is 494 g/mol. The summed E-state index contributed by atoms with van der Waals surface area (Å²) in [4.78, 5) is 25.2. The number of hydrogen-bond acceptors (Lipinski definition) is 6. The van der Waals surface area contributed by atoms with Gasteiger partial charge in [0.1, 0.15) is 22.5 Å². The summed E-state index contributed by atoms with van der Waals surface area (Å²) in [6.45, 7) is 4.18. The number of nitrogens with zero attached hydrogens (tertiary/aromatic N) is 1. The molecule has 1 aliphatic heterocycles. The Kier molecular flexibility index (Phi) is 8.24. The van der Waals surface area contributed by atoms with Crippen molar-refractivity contribution in [3.63, 3.8) is 0 Å². The summed E-state index contributed by atoms with van der Waals surface area (Å²) >= 11 is 0. The lowest BCUT2D eigenvalue weighted by Crippen LogP contribution is -2.47. The molecule has 2 N–H and O–H groups in total. The first-order valence-corrected chi connectivity index (χ1v) is 12.2. The van der Waals surface area contributed by atoms with E-state index in [4.69, 9.17) is 9.47 Å². The Morgan fingerprint density at radius 1 is 1.12 bits per heavy atom. The number of ether oxygens (including phenoxy) is 2. The SMILES string of the molecule is COc1ccccc1C(=O)N[C@H](C(=O)Nc1ccc(F)c(S(=O)(=O)N2CCOCC2)c1)C(C)C. The average Bonchev–Trinajstić information content (AvgIpc) is 2.83. The maximum atomic E-state index is 14.5. The van der Waals surface area contributed by atoms with E-state index in [1.807, 2.05) is 0 Å². The molecule has 1 aliphatic rings. The molecule has 2 amide bonds. The van der Waals surface area contributed by atoms with Gasteiger partial charge in [-0.2, -0.15) is 4.31 Å². The zero-order valence-corrected chi connectivity index (χ0v) is 20.0. The fourth-order valence-corrected chi connectivity index (χ4v) is 5.01. The lowest BCUT2D eigenvalue weighted by molar-refractivity contribution is -0.118. The summed E-state index contributed by atoms with van der Waals surface area (Å²) in [6, 6.07) is 9.00. The van der Waals surface area contributed by atoms with Crippen LogP contribution in [0.5, 0.6) is 5.75 Å². The molecule has 3 rings (SSSR count). The van der Waals surface area contributed by atoms with Gasteiger partial charge >= 0.3 is 0 Å². The van der Waals surface area contributed by atoms with Crippen molar-refractivity contribution in [1.29, 1.82) is 0 Å². The molecule has 2 aromatic rings. The highest BCUT2D eigenvalue weighted by atomic mass is 32.2. The molecule has 0 saturated carbocycles. The number of sulfonamides is 1. The third-order valence-electron chi connectivity index (χ3n) is 5.37. The van der Waals surface area contributed by atoms with E-state index in [1.165, 1.54) is 13.2 Å². The number of morpholine rings is 1. The Hall–Kier alpha value is -3.02. The smallest absolute Gasteiger partial charge is 0.255 e. The minimum Gasteiger partial charge on any atom is -0.496 e. The van der Waals surface area contributed by atoms with Crippen molar-refractivity contribution in [2.75, 3.05) is 38.7 Å². The van der Waals surface area contributed by atoms with Crippen molar-refractivity contribution in [3.8, 4) is 5.75 Å². The number of halogens is 1. The second-order valence-corrected chi connectivity index (χ2v) is 9.95. The molecule has 1 fully saturated rings. The number of benzene rings is 2. The number of anilines is 1. The fraction of sp³-hybridized carbons (Fsp3) is 0.391. The summed E-state index contributed by atoms with van der Waals surface area (Å²) in [5.41, 5.74) is 0.361. The number of hydrogen-bond donors (Lipinski definition) is 2. The number of amides is 2. The molecule has 0 radical (unpaired) electrons. The standard InChI is InChI=1S/C23H28FN3O6S/c1-15(2)21(26-22(28)17-6-4-5-7-19(17)32-3)23(29)25-16-8-9-18(24)20(14-16)34(30,31)27-10-12-33-13-11-27/h4-9,14-15,21H,10-13H2,1-3H3,(H,25,29)(H,26,28)/t21-/m0/s1. The van der Waals surface area contributed by atoms with Crippen molar-refractivity contribution in [3.05, 3.63) is 53.8 Å². The van der Waals surface area contributed by atoms with Crippen LogP contribution in [0, 0.1) is 11.7 Å². The van der Waals surface area contributed by atoms with E-state index in [-0.39, 0.29) is 43.5 Å². The normalized spacial score (nSPS) is 15.6. The summed E-state index contributed by atoms with van der Waals surface area (Å²) < 4.78 is 51.8. The molecule has 0 unspecified atom stereocenters. The Balaban J connectivity index is 1.80. The van der Waals surface area contributed by atoms with Gasteiger partial charge in [0, 0.05) is 18.8 Å². The largest absolute Gasteiger partial charge is 0.496 e. The Bertz CT molecular complexity index is 1150. The van der Waals surface area contributed by atoms with E-state index in [9.17, 15) is 22.4 Å². The van der Waals surface area contributed by atoms with Crippen molar-refractivity contribution in [2.24, 2.45) is 5.92 Å². The van der Waals surface area contributed by atoms with E-state index < -0.39 is 38.6 Å². The molecule has 0 aliphatic carbocycles. The first-order chi connectivity index (χ1) is 16.1. The third-order valence-corrected chi connectivity index (χ3v) is 7.29. The molecule has 34 heavy (non-hydrogen) atoms. The van der Waals surface area contributed by atoms with Crippen LogP contribution in [0.15, 0.2) is 47.4 Å². The van der Waals surface area contributed by atoms with E-state index in [2.05, 4.69) is 10.6 Å². The first kappa shape index (κ1) is 25.6. The molecule has 1 saturated heterocycles. The second-order valence-electron chi connectivity index (χ2n) is 8.05. The molecule has 0 bridgehead atoms. The van der Waals surface area contributed by atoms with Crippen LogP contribution >= 0.6 is 0 Å². The maximum Gasteiger partial charge on any atom is 0.255 e. The van der Waals surface area contributed by atoms with E-state index >= 15 is 0 Å². The van der Waals surface area contributed by atoms with Crippen LogP contribution in [-0.2, 0) is 19.6 Å². The summed E-state index contributed by atoms with van der Waals surface area (Å²) in [7, 11) is -2.67. The van der Waals surface area contributed by atoms with Gasteiger partial charge in [-0.15, -0.1) is 0 Å². The highest BCUT2D eigenvalue weighted by Crippen LogP contribution is 2.24. The van der Waals surface area contributed by atoms with Crippen LogP contribution < -0.4 is 15.4 Å². The van der Waals surface area contributed by atoms with E-state index in [1.54, 1.807) is 38.1 Å². The lowest BCUT2D eigenvalue weighted by Gasteiger charge is -2.26. The third kappa shape index (κ3) is 5.72. The highest BCUT2D eigenvalue weighted by molar-refractivity contribution is 7.89. The second kappa shape index (κ2) is 10.9. The van der Waals surface area contributed by atoms with Gasteiger partial charge in [-0.3, -0.25) is 9.59 Å². The molecule has 11 heteroatoms. The Morgan fingerprint density at radius 3 is 2.44 bits per heavy atom. The van der Waals surface area contributed by atoms with Crippen LogP contribution in [0.4, 0.5) is 10.1 Å². The number of carbonyl (C=O) groups excluding carboxylic acids is 2. The van der Waals surface area contributed by atoms with Gasteiger partial charge in [0.2, 0.25) is 15.9 Å². The Labute approximate surface area is 198 Å². The van der Waals surface area contributed by atoms with Crippen LogP contribution in [0.2, 0.25) is 0 Å². The number of carbonyl (C=O) groups is 2. The predicted molar refractivity (Wildman–Crippen MR) is 124 cm³/mol. The van der Waals surface area contributed by atoms with Gasteiger partial charge in [-0.05, 0) is 36.2 Å².